The molecule has 0 saturated carbocycles. The van der Waals surface area contributed by atoms with Crippen molar-refractivity contribution in [3.05, 3.63) is 34.4 Å². The van der Waals surface area contributed by atoms with Crippen LogP contribution in [0.5, 0.6) is 5.75 Å². The Morgan fingerprint density at radius 1 is 1.48 bits per heavy atom. The van der Waals surface area contributed by atoms with Crippen LogP contribution >= 0.6 is 11.8 Å². The molecule has 8 nitrogen and oxygen atoms in total. The van der Waals surface area contributed by atoms with Gasteiger partial charge in [0.05, 0.1) is 10.8 Å². The fourth-order valence-electron chi connectivity index (χ4n) is 1.85. The van der Waals surface area contributed by atoms with Crippen molar-refractivity contribution < 1.29 is 24.4 Å². The molecule has 1 unspecified atom stereocenters. The molecule has 0 spiro atoms. The van der Waals surface area contributed by atoms with Crippen molar-refractivity contribution in [2.75, 3.05) is 18.2 Å². The van der Waals surface area contributed by atoms with E-state index in [1.54, 1.807) is 6.07 Å². The maximum atomic E-state index is 12.0. The van der Waals surface area contributed by atoms with E-state index in [9.17, 15) is 19.7 Å². The smallest absolute Gasteiger partial charge is 0.327 e. The summed E-state index contributed by atoms with van der Waals surface area (Å²) in [6.07, 6.45) is 0. The van der Waals surface area contributed by atoms with Crippen molar-refractivity contribution in [1.82, 2.24) is 4.90 Å². The van der Waals surface area contributed by atoms with Crippen LogP contribution in [0, 0.1) is 10.1 Å². The Bertz CT molecular complexity index is 579. The second kappa shape index (κ2) is 6.44. The highest BCUT2D eigenvalue weighted by atomic mass is 32.2. The van der Waals surface area contributed by atoms with Gasteiger partial charge in [-0.25, -0.2) is 4.79 Å². The molecule has 1 N–H and O–H groups in total. The minimum Gasteiger partial charge on any atom is -0.480 e. The van der Waals surface area contributed by atoms with Crippen molar-refractivity contribution in [2.45, 2.75) is 6.04 Å². The van der Waals surface area contributed by atoms with Crippen LogP contribution in [0.15, 0.2) is 24.3 Å². The van der Waals surface area contributed by atoms with Gasteiger partial charge in [0, 0.05) is 11.8 Å². The number of ether oxygens (including phenoxy) is 1. The summed E-state index contributed by atoms with van der Waals surface area (Å²) in [5.41, 5.74) is -0.240. The van der Waals surface area contributed by atoms with Gasteiger partial charge in [0.25, 0.3) is 5.91 Å². The van der Waals surface area contributed by atoms with Gasteiger partial charge >= 0.3 is 11.7 Å². The van der Waals surface area contributed by atoms with Gasteiger partial charge in [0.2, 0.25) is 0 Å². The molecule has 0 radical (unpaired) electrons. The van der Waals surface area contributed by atoms with E-state index in [0.29, 0.717) is 5.75 Å². The molecule has 21 heavy (non-hydrogen) atoms. The Balaban J connectivity index is 2.02. The van der Waals surface area contributed by atoms with Crippen LogP contribution in [0.25, 0.3) is 0 Å². The standard InChI is InChI=1S/C12H12N2O6S/c15-11(13-7-21-6-9(13)12(16)17)5-20-10-4-2-1-3-8(10)14(18)19/h1-4,9H,5-7H2,(H,16,17). The van der Waals surface area contributed by atoms with Crippen LogP contribution in [0.3, 0.4) is 0 Å². The second-order valence-electron chi connectivity index (χ2n) is 4.23. The summed E-state index contributed by atoms with van der Waals surface area (Å²) < 4.78 is 5.17. The summed E-state index contributed by atoms with van der Waals surface area (Å²) in [6.45, 7) is -0.435. The van der Waals surface area contributed by atoms with Gasteiger partial charge < -0.3 is 14.7 Å². The summed E-state index contributed by atoms with van der Waals surface area (Å²) in [7, 11) is 0. The number of carbonyl (C=O) groups is 2. The van der Waals surface area contributed by atoms with Crippen LogP contribution in [-0.4, -0.2) is 51.1 Å². The SMILES string of the molecule is O=C(O)C1CSCN1C(=O)COc1ccccc1[N+](=O)[O-]. The average Bonchev–Trinajstić information content (AvgIpc) is 2.94. The molecule has 9 heteroatoms. The van der Waals surface area contributed by atoms with E-state index >= 15 is 0 Å². The van der Waals surface area contributed by atoms with Gasteiger partial charge in [0.15, 0.2) is 12.4 Å². The molecular weight excluding hydrogens is 300 g/mol. The first-order valence-corrected chi connectivity index (χ1v) is 7.12. The number of carbonyl (C=O) groups excluding carboxylic acids is 1. The molecule has 2 rings (SSSR count). The molecule has 1 aliphatic rings. The lowest BCUT2D eigenvalue weighted by Crippen LogP contribution is -2.43. The number of hydrogen-bond acceptors (Lipinski definition) is 6. The molecule has 0 bridgehead atoms. The van der Waals surface area contributed by atoms with Crippen molar-refractivity contribution in [3.63, 3.8) is 0 Å². The number of carboxylic acids is 1. The minimum atomic E-state index is -1.07. The zero-order valence-electron chi connectivity index (χ0n) is 10.8. The topological polar surface area (TPSA) is 110 Å². The summed E-state index contributed by atoms with van der Waals surface area (Å²) in [6, 6.07) is 4.82. The van der Waals surface area contributed by atoms with E-state index < -0.39 is 29.4 Å². The molecule has 0 aliphatic carbocycles. The van der Waals surface area contributed by atoms with Crippen molar-refractivity contribution in [3.8, 4) is 5.75 Å². The number of thioether (sulfide) groups is 1. The maximum absolute atomic E-state index is 12.0. The van der Waals surface area contributed by atoms with Crippen molar-refractivity contribution in [2.24, 2.45) is 0 Å². The number of amides is 1. The predicted molar refractivity (Wildman–Crippen MR) is 74.2 cm³/mol. The Hall–Kier alpha value is -2.29. The molecule has 1 aromatic rings. The molecule has 1 saturated heterocycles. The number of aliphatic carboxylic acids is 1. The second-order valence-corrected chi connectivity index (χ2v) is 5.23. The summed E-state index contributed by atoms with van der Waals surface area (Å²) in [4.78, 5) is 34.4. The third-order valence-corrected chi connectivity index (χ3v) is 3.91. The van der Waals surface area contributed by atoms with E-state index in [1.165, 1.54) is 34.9 Å². The monoisotopic (exact) mass is 312 g/mol. The highest BCUT2D eigenvalue weighted by Gasteiger charge is 2.34. The lowest BCUT2D eigenvalue weighted by atomic mass is 10.3. The predicted octanol–water partition coefficient (Wildman–Crippen LogP) is 0.960. The molecule has 1 atom stereocenters. The first-order chi connectivity index (χ1) is 10.0. The normalized spacial score (nSPS) is 17.5. The van der Waals surface area contributed by atoms with E-state index in [2.05, 4.69) is 0 Å². The van der Waals surface area contributed by atoms with E-state index in [-0.39, 0.29) is 17.3 Å². The molecule has 1 aromatic carbocycles. The van der Waals surface area contributed by atoms with E-state index in [4.69, 9.17) is 9.84 Å². The zero-order valence-corrected chi connectivity index (χ0v) is 11.6. The fraction of sp³-hybridized carbons (Fsp3) is 0.333. The highest BCUT2D eigenvalue weighted by molar-refractivity contribution is 7.99. The number of nitro groups is 1. The van der Waals surface area contributed by atoms with Crippen LogP contribution in [0.1, 0.15) is 0 Å². The number of nitro benzene ring substituents is 1. The summed E-state index contributed by atoms with van der Waals surface area (Å²) in [5, 5.41) is 19.8. The largest absolute Gasteiger partial charge is 0.480 e. The van der Waals surface area contributed by atoms with Gasteiger partial charge in [-0.2, -0.15) is 0 Å². The van der Waals surface area contributed by atoms with Gasteiger partial charge in [-0.15, -0.1) is 11.8 Å². The van der Waals surface area contributed by atoms with Gasteiger partial charge in [-0.05, 0) is 6.07 Å². The number of nitrogens with zero attached hydrogens (tertiary/aromatic N) is 2. The van der Waals surface area contributed by atoms with Gasteiger partial charge in [-0.3, -0.25) is 14.9 Å². The molecule has 1 aliphatic heterocycles. The third-order valence-electron chi connectivity index (χ3n) is 2.90. The van der Waals surface area contributed by atoms with Gasteiger partial charge in [-0.1, -0.05) is 12.1 Å². The zero-order chi connectivity index (χ0) is 15.4. The Morgan fingerprint density at radius 3 is 2.86 bits per heavy atom. The number of benzene rings is 1. The average molecular weight is 312 g/mol. The first-order valence-electron chi connectivity index (χ1n) is 5.97. The molecule has 0 aromatic heterocycles. The fourth-order valence-corrected chi connectivity index (χ4v) is 3.02. The first kappa shape index (κ1) is 15.1. The number of rotatable bonds is 5. The molecule has 1 amide bonds. The van der Waals surface area contributed by atoms with E-state index in [1.807, 2.05) is 0 Å². The molecule has 1 fully saturated rings. The molecule has 1 heterocycles. The number of carboxylic acid groups (broad SMARTS) is 1. The lowest BCUT2D eigenvalue weighted by Gasteiger charge is -2.20. The van der Waals surface area contributed by atoms with Crippen LogP contribution in [0.4, 0.5) is 5.69 Å². The Kier molecular flexibility index (Phi) is 4.63. The van der Waals surface area contributed by atoms with Crippen molar-refractivity contribution >= 4 is 29.3 Å². The van der Waals surface area contributed by atoms with Crippen LogP contribution < -0.4 is 4.74 Å². The third kappa shape index (κ3) is 3.43. The van der Waals surface area contributed by atoms with Gasteiger partial charge in [0.1, 0.15) is 6.04 Å². The quantitative estimate of drug-likeness (QED) is 0.637. The molecular formula is C12H12N2O6S. The summed E-state index contributed by atoms with van der Waals surface area (Å²) in [5.74, 6) is -0.998. The van der Waals surface area contributed by atoms with E-state index in [0.717, 1.165) is 0 Å². The summed E-state index contributed by atoms with van der Waals surface area (Å²) >= 11 is 1.34. The lowest BCUT2D eigenvalue weighted by molar-refractivity contribution is -0.385. The highest BCUT2D eigenvalue weighted by Crippen LogP contribution is 2.26. The number of para-hydroxylation sites is 2. The Morgan fingerprint density at radius 2 is 2.19 bits per heavy atom. The van der Waals surface area contributed by atoms with Crippen molar-refractivity contribution in [1.29, 1.82) is 0 Å². The minimum absolute atomic E-state index is 0.0189. The number of hydrogen-bond donors (Lipinski definition) is 1. The molecule has 112 valence electrons. The van der Waals surface area contributed by atoms with Crippen LogP contribution in [0.2, 0.25) is 0 Å². The van der Waals surface area contributed by atoms with Crippen LogP contribution in [-0.2, 0) is 9.59 Å². The maximum Gasteiger partial charge on any atom is 0.327 e. The Labute approximate surface area is 123 Å².